The number of rotatable bonds is 4. The highest BCUT2D eigenvalue weighted by molar-refractivity contribution is 7.89. The molecule has 6 nitrogen and oxygen atoms in total. The van der Waals surface area contributed by atoms with Crippen molar-refractivity contribution in [3.8, 4) is 6.07 Å². The lowest BCUT2D eigenvalue weighted by Gasteiger charge is -2.13. The van der Waals surface area contributed by atoms with Crippen LogP contribution in [0.2, 0.25) is 0 Å². The van der Waals surface area contributed by atoms with Crippen molar-refractivity contribution in [2.24, 2.45) is 5.92 Å². The van der Waals surface area contributed by atoms with E-state index >= 15 is 0 Å². The average molecular weight is 292 g/mol. The van der Waals surface area contributed by atoms with Gasteiger partial charge >= 0.3 is 5.97 Å². The SMILES string of the molecule is N#Cc1ccccc1S(=O)(=O)NC1C=CC(C(=O)O)C1. The van der Waals surface area contributed by atoms with Crippen molar-refractivity contribution in [1.29, 1.82) is 5.26 Å². The number of hydrogen-bond acceptors (Lipinski definition) is 4. The number of nitriles is 1. The predicted octanol–water partition coefficient (Wildman–Crippen LogP) is 0.866. The molecule has 0 bridgehead atoms. The van der Waals surface area contributed by atoms with Crippen molar-refractivity contribution >= 4 is 16.0 Å². The molecular formula is C13H12N2O4S. The third-order valence-corrected chi connectivity index (χ3v) is 4.55. The van der Waals surface area contributed by atoms with Gasteiger partial charge in [-0.05, 0) is 18.6 Å². The monoisotopic (exact) mass is 292 g/mol. The minimum atomic E-state index is -3.85. The Labute approximate surface area is 116 Å². The molecule has 0 aromatic heterocycles. The molecule has 0 spiro atoms. The summed E-state index contributed by atoms with van der Waals surface area (Å²) >= 11 is 0. The van der Waals surface area contributed by atoms with E-state index < -0.39 is 28.0 Å². The van der Waals surface area contributed by atoms with Crippen LogP contribution in [-0.4, -0.2) is 25.5 Å². The summed E-state index contributed by atoms with van der Waals surface area (Å²) in [7, 11) is -3.85. The maximum atomic E-state index is 12.2. The van der Waals surface area contributed by atoms with E-state index in [2.05, 4.69) is 4.72 Å². The zero-order valence-electron chi connectivity index (χ0n) is 10.4. The van der Waals surface area contributed by atoms with E-state index in [0.717, 1.165) is 0 Å². The quantitative estimate of drug-likeness (QED) is 0.800. The molecule has 2 unspecified atom stereocenters. The lowest BCUT2D eigenvalue weighted by molar-refractivity contribution is -0.140. The van der Waals surface area contributed by atoms with Crippen molar-refractivity contribution in [1.82, 2.24) is 4.72 Å². The van der Waals surface area contributed by atoms with Crippen LogP contribution in [0.5, 0.6) is 0 Å². The van der Waals surface area contributed by atoms with E-state index in [9.17, 15) is 13.2 Å². The minimum absolute atomic E-state index is 0.0526. The first kappa shape index (κ1) is 14.2. The largest absolute Gasteiger partial charge is 0.481 e. The standard InChI is InChI=1S/C13H12N2O4S/c14-8-10-3-1-2-4-12(10)20(18,19)15-11-6-5-9(7-11)13(16)17/h1-6,9,11,15H,7H2,(H,16,17). The van der Waals surface area contributed by atoms with Crippen molar-refractivity contribution in [3.05, 3.63) is 42.0 Å². The number of aliphatic carboxylic acids is 1. The molecule has 104 valence electrons. The Balaban J connectivity index is 2.20. The topological polar surface area (TPSA) is 107 Å². The van der Waals surface area contributed by atoms with E-state index in [1.165, 1.54) is 30.4 Å². The van der Waals surface area contributed by atoms with E-state index in [4.69, 9.17) is 10.4 Å². The van der Waals surface area contributed by atoms with Crippen molar-refractivity contribution in [2.75, 3.05) is 0 Å². The molecule has 0 radical (unpaired) electrons. The summed E-state index contributed by atoms with van der Waals surface area (Å²) in [4.78, 5) is 10.7. The Hall–Kier alpha value is -2.17. The molecular weight excluding hydrogens is 280 g/mol. The molecule has 0 saturated carbocycles. The zero-order valence-corrected chi connectivity index (χ0v) is 11.2. The highest BCUT2D eigenvalue weighted by atomic mass is 32.2. The van der Waals surface area contributed by atoms with Gasteiger partial charge in [-0.2, -0.15) is 5.26 Å². The van der Waals surface area contributed by atoms with Gasteiger partial charge in [-0.25, -0.2) is 13.1 Å². The van der Waals surface area contributed by atoms with Crippen LogP contribution in [0.1, 0.15) is 12.0 Å². The van der Waals surface area contributed by atoms with Gasteiger partial charge in [-0.15, -0.1) is 0 Å². The van der Waals surface area contributed by atoms with Crippen LogP contribution in [-0.2, 0) is 14.8 Å². The molecule has 0 saturated heterocycles. The highest BCUT2D eigenvalue weighted by Crippen LogP contribution is 2.21. The second-order valence-corrected chi connectivity index (χ2v) is 6.08. The summed E-state index contributed by atoms with van der Waals surface area (Å²) < 4.78 is 26.8. The highest BCUT2D eigenvalue weighted by Gasteiger charge is 2.28. The van der Waals surface area contributed by atoms with Gasteiger partial charge in [0.25, 0.3) is 0 Å². The number of nitrogens with zero attached hydrogens (tertiary/aromatic N) is 1. The van der Waals surface area contributed by atoms with Gasteiger partial charge in [0.05, 0.1) is 16.4 Å². The first-order valence-electron chi connectivity index (χ1n) is 5.86. The van der Waals surface area contributed by atoms with Gasteiger partial charge in [0.1, 0.15) is 6.07 Å². The molecule has 20 heavy (non-hydrogen) atoms. The molecule has 2 N–H and O–H groups in total. The van der Waals surface area contributed by atoms with Gasteiger partial charge in [0, 0.05) is 6.04 Å². The number of nitrogens with one attached hydrogen (secondary N) is 1. The fourth-order valence-electron chi connectivity index (χ4n) is 2.03. The number of benzene rings is 1. The maximum Gasteiger partial charge on any atom is 0.310 e. The Kier molecular flexibility index (Phi) is 3.88. The van der Waals surface area contributed by atoms with E-state index in [1.54, 1.807) is 6.07 Å². The summed E-state index contributed by atoms with van der Waals surface area (Å²) in [5, 5.41) is 17.8. The molecule has 0 heterocycles. The Bertz CT molecular complexity index is 703. The van der Waals surface area contributed by atoms with Crippen molar-refractivity contribution in [3.63, 3.8) is 0 Å². The average Bonchev–Trinajstić information content (AvgIpc) is 2.86. The molecule has 1 aliphatic carbocycles. The molecule has 0 amide bonds. The summed E-state index contributed by atoms with van der Waals surface area (Å²) in [5.41, 5.74) is 0.0526. The molecule has 0 fully saturated rings. The van der Waals surface area contributed by atoms with Gasteiger partial charge < -0.3 is 5.11 Å². The third-order valence-electron chi connectivity index (χ3n) is 3.00. The second-order valence-electron chi connectivity index (χ2n) is 4.40. The van der Waals surface area contributed by atoms with Crippen molar-refractivity contribution < 1.29 is 18.3 Å². The van der Waals surface area contributed by atoms with Gasteiger partial charge in [0.2, 0.25) is 10.0 Å². The van der Waals surface area contributed by atoms with Crippen LogP contribution in [0.4, 0.5) is 0 Å². The maximum absolute atomic E-state index is 12.2. The molecule has 1 aromatic rings. The van der Waals surface area contributed by atoms with Crippen LogP contribution in [0.25, 0.3) is 0 Å². The normalized spacial score (nSPS) is 21.6. The Morgan fingerprint density at radius 3 is 2.65 bits per heavy atom. The molecule has 1 aromatic carbocycles. The van der Waals surface area contributed by atoms with E-state index in [0.29, 0.717) is 0 Å². The van der Waals surface area contributed by atoms with Crippen LogP contribution < -0.4 is 4.72 Å². The number of hydrogen-bond donors (Lipinski definition) is 2. The number of carbonyl (C=O) groups is 1. The van der Waals surface area contributed by atoms with Crippen LogP contribution >= 0.6 is 0 Å². The lowest BCUT2D eigenvalue weighted by Crippen LogP contribution is -2.33. The Morgan fingerprint density at radius 1 is 1.35 bits per heavy atom. The second kappa shape index (κ2) is 5.45. The fraction of sp³-hybridized carbons (Fsp3) is 0.231. The first-order chi connectivity index (χ1) is 9.44. The molecule has 2 rings (SSSR count). The number of carboxylic acids is 1. The zero-order chi connectivity index (χ0) is 14.8. The molecule has 2 atom stereocenters. The lowest BCUT2D eigenvalue weighted by atomic mass is 10.1. The summed E-state index contributed by atoms with van der Waals surface area (Å²) in [6.45, 7) is 0. The summed E-state index contributed by atoms with van der Waals surface area (Å²) in [6.07, 6.45) is 3.15. The minimum Gasteiger partial charge on any atom is -0.481 e. The predicted molar refractivity (Wildman–Crippen MR) is 70.1 cm³/mol. The molecule has 1 aliphatic rings. The van der Waals surface area contributed by atoms with E-state index in [1.807, 2.05) is 6.07 Å². The van der Waals surface area contributed by atoms with Crippen molar-refractivity contribution in [2.45, 2.75) is 17.4 Å². The smallest absolute Gasteiger partial charge is 0.310 e. The van der Waals surface area contributed by atoms with Gasteiger partial charge in [0.15, 0.2) is 0 Å². The molecule has 0 aliphatic heterocycles. The van der Waals surface area contributed by atoms with Crippen LogP contribution in [0.15, 0.2) is 41.3 Å². The van der Waals surface area contributed by atoms with Gasteiger partial charge in [-0.3, -0.25) is 4.79 Å². The Morgan fingerprint density at radius 2 is 2.05 bits per heavy atom. The summed E-state index contributed by atoms with van der Waals surface area (Å²) in [5.74, 6) is -1.67. The van der Waals surface area contributed by atoms with Crippen LogP contribution in [0.3, 0.4) is 0 Å². The third kappa shape index (κ3) is 2.87. The first-order valence-corrected chi connectivity index (χ1v) is 7.35. The molecule has 7 heteroatoms. The number of carboxylic acid groups (broad SMARTS) is 1. The van der Waals surface area contributed by atoms with Gasteiger partial charge in [-0.1, -0.05) is 24.3 Å². The van der Waals surface area contributed by atoms with E-state index in [-0.39, 0.29) is 16.9 Å². The fourth-order valence-corrected chi connectivity index (χ4v) is 3.39. The van der Waals surface area contributed by atoms with Crippen LogP contribution in [0, 0.1) is 17.2 Å². The number of sulfonamides is 1. The summed E-state index contributed by atoms with van der Waals surface area (Å²) in [6, 6.07) is 7.11.